The molecule has 0 spiro atoms. The van der Waals surface area contributed by atoms with E-state index in [1.54, 1.807) is 0 Å². The molecule has 1 aromatic rings. The van der Waals surface area contributed by atoms with Crippen LogP contribution in [0.3, 0.4) is 0 Å². The smallest absolute Gasteiger partial charge is 0.225 e. The van der Waals surface area contributed by atoms with E-state index in [4.69, 9.17) is 9.97 Å². The highest BCUT2D eigenvalue weighted by Gasteiger charge is 2.25. The van der Waals surface area contributed by atoms with Gasteiger partial charge in [0, 0.05) is 31.2 Å². The summed E-state index contributed by atoms with van der Waals surface area (Å²) in [6.45, 7) is 4.59. The van der Waals surface area contributed by atoms with E-state index in [-0.39, 0.29) is 0 Å². The molecule has 5 heteroatoms. The number of hydrogen-bond acceptors (Lipinski definition) is 5. The first-order valence-electron chi connectivity index (χ1n) is 9.89. The van der Waals surface area contributed by atoms with Gasteiger partial charge in [0.1, 0.15) is 5.82 Å². The van der Waals surface area contributed by atoms with Crippen LogP contribution < -0.4 is 10.2 Å². The van der Waals surface area contributed by atoms with Gasteiger partial charge < -0.3 is 15.1 Å². The van der Waals surface area contributed by atoms with Crippen molar-refractivity contribution in [1.29, 1.82) is 0 Å². The van der Waals surface area contributed by atoms with Gasteiger partial charge in [0.05, 0.1) is 5.69 Å². The maximum Gasteiger partial charge on any atom is 0.225 e. The van der Waals surface area contributed by atoms with Gasteiger partial charge >= 0.3 is 0 Å². The number of rotatable bonds is 3. The second-order valence-corrected chi connectivity index (χ2v) is 7.80. The van der Waals surface area contributed by atoms with Crippen molar-refractivity contribution in [3.05, 3.63) is 11.3 Å². The molecule has 0 radical (unpaired) electrons. The van der Waals surface area contributed by atoms with Gasteiger partial charge in [-0.15, -0.1) is 0 Å². The predicted octanol–water partition coefficient (Wildman–Crippen LogP) is 2.85. The van der Waals surface area contributed by atoms with Crippen LogP contribution >= 0.6 is 0 Å². The van der Waals surface area contributed by atoms with Crippen LogP contribution in [0, 0.1) is 0 Å². The molecule has 0 aromatic carbocycles. The molecule has 3 aliphatic rings. The molecule has 1 N–H and O–H groups in total. The molecule has 132 valence electrons. The Morgan fingerprint density at radius 2 is 1.71 bits per heavy atom. The first-order valence-corrected chi connectivity index (χ1v) is 9.89. The van der Waals surface area contributed by atoms with E-state index in [9.17, 15) is 0 Å². The summed E-state index contributed by atoms with van der Waals surface area (Å²) in [5, 5.41) is 3.63. The number of anilines is 2. The van der Waals surface area contributed by atoms with Crippen LogP contribution in [-0.2, 0) is 12.8 Å². The van der Waals surface area contributed by atoms with Crippen LogP contribution in [0.2, 0.25) is 0 Å². The van der Waals surface area contributed by atoms with Crippen molar-refractivity contribution in [2.24, 2.45) is 0 Å². The Morgan fingerprint density at radius 3 is 2.46 bits per heavy atom. The number of nitrogens with zero attached hydrogens (tertiary/aromatic N) is 4. The van der Waals surface area contributed by atoms with E-state index in [2.05, 4.69) is 22.2 Å². The van der Waals surface area contributed by atoms with Crippen molar-refractivity contribution >= 4 is 11.8 Å². The molecule has 1 aromatic heterocycles. The lowest BCUT2D eigenvalue weighted by atomic mass is 9.96. The van der Waals surface area contributed by atoms with Gasteiger partial charge in [-0.1, -0.05) is 12.8 Å². The topological polar surface area (TPSA) is 44.3 Å². The zero-order valence-corrected chi connectivity index (χ0v) is 15.1. The van der Waals surface area contributed by atoms with Crippen LogP contribution in [0.4, 0.5) is 11.8 Å². The third-order valence-electron chi connectivity index (χ3n) is 5.79. The molecule has 24 heavy (non-hydrogen) atoms. The van der Waals surface area contributed by atoms with Gasteiger partial charge in [-0.2, -0.15) is 4.98 Å². The van der Waals surface area contributed by atoms with Crippen molar-refractivity contribution in [1.82, 2.24) is 14.9 Å². The summed E-state index contributed by atoms with van der Waals surface area (Å²) < 4.78 is 0. The van der Waals surface area contributed by atoms with E-state index < -0.39 is 0 Å². The van der Waals surface area contributed by atoms with Gasteiger partial charge in [0.25, 0.3) is 0 Å². The van der Waals surface area contributed by atoms with E-state index in [0.717, 1.165) is 38.4 Å². The molecule has 2 fully saturated rings. The fourth-order valence-corrected chi connectivity index (χ4v) is 4.42. The number of likely N-dealkylation sites (tertiary alicyclic amines) is 1. The normalized spacial score (nSPS) is 25.4. The van der Waals surface area contributed by atoms with E-state index in [1.807, 2.05) is 0 Å². The minimum Gasteiger partial charge on any atom is -0.356 e. The van der Waals surface area contributed by atoms with Crippen LogP contribution in [0.25, 0.3) is 0 Å². The molecule has 3 heterocycles. The Hall–Kier alpha value is -1.36. The van der Waals surface area contributed by atoms with Crippen LogP contribution in [-0.4, -0.2) is 54.1 Å². The first kappa shape index (κ1) is 16.1. The summed E-state index contributed by atoms with van der Waals surface area (Å²) in [6, 6.07) is 0.494. The number of fused-ring (bicyclic) bond motifs is 1. The Balaban J connectivity index is 1.61. The van der Waals surface area contributed by atoms with Gasteiger partial charge in [-0.3, -0.25) is 0 Å². The highest BCUT2D eigenvalue weighted by atomic mass is 15.3. The fraction of sp³-hybridized carbons (Fsp3) is 0.789. The van der Waals surface area contributed by atoms with Crippen molar-refractivity contribution in [3.63, 3.8) is 0 Å². The second-order valence-electron chi connectivity index (χ2n) is 7.80. The Kier molecular flexibility index (Phi) is 4.88. The zero-order chi connectivity index (χ0) is 16.4. The molecular weight excluding hydrogens is 298 g/mol. The zero-order valence-electron chi connectivity index (χ0n) is 15.1. The number of aromatic nitrogens is 2. The molecule has 0 saturated carbocycles. The van der Waals surface area contributed by atoms with Crippen molar-refractivity contribution in [2.45, 2.75) is 63.8 Å². The highest BCUT2D eigenvalue weighted by Crippen LogP contribution is 2.31. The minimum atomic E-state index is 0.494. The lowest BCUT2D eigenvalue weighted by molar-refractivity contribution is 0.414. The minimum absolute atomic E-state index is 0.494. The largest absolute Gasteiger partial charge is 0.356 e. The molecule has 5 nitrogen and oxygen atoms in total. The number of likely N-dealkylation sites (N-methyl/N-ethyl adjacent to an activating group) is 1. The van der Waals surface area contributed by atoms with E-state index >= 15 is 0 Å². The first-order chi connectivity index (χ1) is 11.8. The molecule has 4 rings (SSSR count). The summed E-state index contributed by atoms with van der Waals surface area (Å²) in [5.74, 6) is 2.12. The molecule has 1 aliphatic carbocycles. The highest BCUT2D eigenvalue weighted by molar-refractivity contribution is 5.54. The third-order valence-corrected chi connectivity index (χ3v) is 5.79. The molecule has 1 atom stereocenters. The maximum absolute atomic E-state index is 5.03. The lowest BCUT2D eigenvalue weighted by Gasteiger charge is -2.28. The van der Waals surface area contributed by atoms with E-state index in [1.165, 1.54) is 68.6 Å². The van der Waals surface area contributed by atoms with Gasteiger partial charge in [0.2, 0.25) is 5.95 Å². The standard InChI is InChI=1S/C19H31N5/c1-23-13-10-15(14-23)20-19-21-17-9-5-4-8-16(17)18(22-19)24-11-6-2-3-7-12-24/h15H,2-14H2,1H3,(H,20,21,22). The monoisotopic (exact) mass is 329 g/mol. The molecule has 1 unspecified atom stereocenters. The van der Waals surface area contributed by atoms with Crippen LogP contribution in [0.1, 0.15) is 56.2 Å². The average Bonchev–Trinajstić information content (AvgIpc) is 2.85. The van der Waals surface area contributed by atoms with Crippen molar-refractivity contribution < 1.29 is 0 Å². The quantitative estimate of drug-likeness (QED) is 0.924. The lowest BCUT2D eigenvalue weighted by Crippen LogP contribution is -2.30. The number of nitrogens with one attached hydrogen (secondary N) is 1. The molecular formula is C19H31N5. The molecule has 0 amide bonds. The van der Waals surface area contributed by atoms with Crippen molar-refractivity contribution in [2.75, 3.05) is 43.4 Å². The Morgan fingerprint density at radius 1 is 0.917 bits per heavy atom. The van der Waals surface area contributed by atoms with Crippen LogP contribution in [0.15, 0.2) is 0 Å². The summed E-state index contributed by atoms with van der Waals surface area (Å²) in [6.07, 6.45) is 11.4. The maximum atomic E-state index is 5.03. The van der Waals surface area contributed by atoms with Crippen LogP contribution in [0.5, 0.6) is 0 Å². The summed E-state index contributed by atoms with van der Waals surface area (Å²) >= 11 is 0. The molecule has 2 aliphatic heterocycles. The van der Waals surface area contributed by atoms with Gasteiger partial charge in [-0.25, -0.2) is 4.98 Å². The number of aryl methyl sites for hydroxylation is 1. The summed E-state index contributed by atoms with van der Waals surface area (Å²) in [5.41, 5.74) is 2.75. The summed E-state index contributed by atoms with van der Waals surface area (Å²) in [4.78, 5) is 14.9. The second kappa shape index (κ2) is 7.26. The Labute approximate surface area is 145 Å². The average molecular weight is 329 g/mol. The molecule has 0 bridgehead atoms. The summed E-state index contributed by atoms with van der Waals surface area (Å²) in [7, 11) is 2.19. The van der Waals surface area contributed by atoms with Gasteiger partial charge in [-0.05, 0) is 58.5 Å². The molecule has 2 saturated heterocycles. The third kappa shape index (κ3) is 3.51. The van der Waals surface area contributed by atoms with E-state index in [0.29, 0.717) is 6.04 Å². The van der Waals surface area contributed by atoms with Gasteiger partial charge in [0.15, 0.2) is 0 Å². The van der Waals surface area contributed by atoms with Crippen molar-refractivity contribution in [3.8, 4) is 0 Å². The fourth-order valence-electron chi connectivity index (χ4n) is 4.42. The Bertz CT molecular complexity index is 565. The number of hydrogen-bond donors (Lipinski definition) is 1. The predicted molar refractivity (Wildman–Crippen MR) is 98.9 cm³/mol. The SMILES string of the molecule is CN1CCC(Nc2nc3c(c(N4CCCCCC4)n2)CCCC3)C1.